The SMILES string of the molecule is Cc1nc(SCc2cccc(Cl)c2)[nH]c(=O)c1CC(=O)NCCc1ccc(F)cc1. The van der Waals surface area contributed by atoms with Crippen molar-refractivity contribution in [2.24, 2.45) is 0 Å². The molecule has 0 bridgehead atoms. The number of aromatic amines is 1. The zero-order chi connectivity index (χ0) is 21.5. The van der Waals surface area contributed by atoms with Crippen molar-refractivity contribution in [2.45, 2.75) is 30.7 Å². The lowest BCUT2D eigenvalue weighted by molar-refractivity contribution is -0.120. The number of benzene rings is 2. The smallest absolute Gasteiger partial charge is 0.255 e. The highest BCUT2D eigenvalue weighted by Gasteiger charge is 2.13. The van der Waals surface area contributed by atoms with Crippen molar-refractivity contribution in [3.63, 3.8) is 0 Å². The van der Waals surface area contributed by atoms with E-state index in [1.165, 1.54) is 23.9 Å². The van der Waals surface area contributed by atoms with Crippen LogP contribution in [0.5, 0.6) is 0 Å². The van der Waals surface area contributed by atoms with Gasteiger partial charge in [-0.05, 0) is 48.7 Å². The predicted molar refractivity (Wildman–Crippen MR) is 117 cm³/mol. The number of aromatic nitrogens is 2. The van der Waals surface area contributed by atoms with Crippen LogP contribution in [0, 0.1) is 12.7 Å². The molecule has 5 nitrogen and oxygen atoms in total. The highest BCUT2D eigenvalue weighted by molar-refractivity contribution is 7.98. The number of H-pyrrole nitrogens is 1. The van der Waals surface area contributed by atoms with E-state index in [0.29, 0.717) is 40.2 Å². The van der Waals surface area contributed by atoms with Crippen molar-refractivity contribution in [1.29, 1.82) is 0 Å². The van der Waals surface area contributed by atoms with Crippen LogP contribution in [0.3, 0.4) is 0 Å². The van der Waals surface area contributed by atoms with Crippen molar-refractivity contribution in [3.8, 4) is 0 Å². The Kier molecular flexibility index (Phi) is 7.65. The summed E-state index contributed by atoms with van der Waals surface area (Å²) in [6.45, 7) is 2.13. The Hall–Kier alpha value is -2.64. The van der Waals surface area contributed by atoms with Gasteiger partial charge in [0.1, 0.15) is 5.82 Å². The average Bonchev–Trinajstić information content (AvgIpc) is 2.71. The van der Waals surface area contributed by atoms with E-state index in [-0.39, 0.29) is 23.7 Å². The predicted octanol–water partition coefficient (Wildman–Crippen LogP) is 4.06. The van der Waals surface area contributed by atoms with Gasteiger partial charge >= 0.3 is 0 Å². The van der Waals surface area contributed by atoms with Crippen molar-refractivity contribution < 1.29 is 9.18 Å². The quantitative estimate of drug-likeness (QED) is 0.405. The highest BCUT2D eigenvalue weighted by Crippen LogP contribution is 2.21. The number of thioether (sulfide) groups is 1. The number of carbonyl (C=O) groups excluding carboxylic acids is 1. The summed E-state index contributed by atoms with van der Waals surface area (Å²) in [6.07, 6.45) is 0.537. The average molecular weight is 446 g/mol. The third-order valence-corrected chi connectivity index (χ3v) is 5.63. The van der Waals surface area contributed by atoms with Crippen LogP contribution in [0.15, 0.2) is 58.5 Å². The molecule has 2 N–H and O–H groups in total. The zero-order valence-corrected chi connectivity index (χ0v) is 17.9. The third kappa shape index (κ3) is 6.43. The molecule has 0 radical (unpaired) electrons. The van der Waals surface area contributed by atoms with Gasteiger partial charge in [-0.2, -0.15) is 0 Å². The minimum atomic E-state index is -0.315. The van der Waals surface area contributed by atoms with Gasteiger partial charge in [0.05, 0.1) is 6.42 Å². The lowest BCUT2D eigenvalue weighted by Gasteiger charge is -2.08. The second-order valence-electron chi connectivity index (χ2n) is 6.76. The van der Waals surface area contributed by atoms with Gasteiger partial charge in [0, 0.05) is 28.6 Å². The first-order valence-corrected chi connectivity index (χ1v) is 10.8. The Morgan fingerprint density at radius 2 is 1.97 bits per heavy atom. The molecule has 2 aromatic carbocycles. The first-order chi connectivity index (χ1) is 14.4. The van der Waals surface area contributed by atoms with E-state index in [1.807, 2.05) is 18.2 Å². The minimum absolute atomic E-state index is 0.0448. The summed E-state index contributed by atoms with van der Waals surface area (Å²) in [4.78, 5) is 31.8. The molecule has 3 rings (SSSR count). The van der Waals surface area contributed by atoms with Gasteiger partial charge in [0.2, 0.25) is 5.91 Å². The van der Waals surface area contributed by atoms with Crippen LogP contribution in [-0.2, 0) is 23.4 Å². The van der Waals surface area contributed by atoms with E-state index < -0.39 is 0 Å². The second kappa shape index (κ2) is 10.4. The number of nitrogens with zero attached hydrogens (tertiary/aromatic N) is 1. The van der Waals surface area contributed by atoms with E-state index in [0.717, 1.165) is 11.1 Å². The molecule has 0 atom stereocenters. The summed E-state index contributed by atoms with van der Waals surface area (Å²) in [5.41, 5.74) is 2.51. The summed E-state index contributed by atoms with van der Waals surface area (Å²) in [5.74, 6) is 0.0672. The van der Waals surface area contributed by atoms with Crippen LogP contribution in [0.1, 0.15) is 22.4 Å². The number of hydrogen-bond donors (Lipinski definition) is 2. The van der Waals surface area contributed by atoms with Gasteiger partial charge in [-0.25, -0.2) is 9.37 Å². The Bertz CT molecular complexity index is 1090. The molecule has 8 heteroatoms. The minimum Gasteiger partial charge on any atom is -0.355 e. The molecule has 0 saturated heterocycles. The standard InChI is InChI=1S/C22H21ClFN3O2S/c1-14-19(12-20(28)25-10-9-15-5-7-18(24)8-6-15)21(29)27-22(26-14)30-13-16-3-2-4-17(23)11-16/h2-8,11H,9-10,12-13H2,1H3,(H,25,28)(H,26,27,29). The molecular formula is C22H21ClFN3O2S. The van der Waals surface area contributed by atoms with Crippen molar-refractivity contribution in [3.05, 3.63) is 92.1 Å². The van der Waals surface area contributed by atoms with Gasteiger partial charge in [0.15, 0.2) is 5.16 Å². The van der Waals surface area contributed by atoms with Gasteiger partial charge in [0.25, 0.3) is 5.56 Å². The molecule has 0 spiro atoms. The molecule has 0 aliphatic carbocycles. The van der Waals surface area contributed by atoms with Gasteiger partial charge in [-0.15, -0.1) is 0 Å². The molecular weight excluding hydrogens is 425 g/mol. The fourth-order valence-electron chi connectivity index (χ4n) is 2.86. The monoisotopic (exact) mass is 445 g/mol. The summed E-state index contributed by atoms with van der Waals surface area (Å²) in [5, 5.41) is 3.94. The number of carbonyl (C=O) groups is 1. The fraction of sp³-hybridized carbons (Fsp3) is 0.227. The van der Waals surface area contributed by atoms with E-state index in [2.05, 4.69) is 15.3 Å². The molecule has 156 valence electrons. The molecule has 0 aliphatic rings. The van der Waals surface area contributed by atoms with Crippen LogP contribution < -0.4 is 10.9 Å². The molecule has 3 aromatic rings. The highest BCUT2D eigenvalue weighted by atomic mass is 35.5. The van der Waals surface area contributed by atoms with Crippen LogP contribution in [-0.4, -0.2) is 22.4 Å². The Labute approximate surface area is 183 Å². The Balaban J connectivity index is 1.54. The number of nitrogens with one attached hydrogen (secondary N) is 2. The van der Waals surface area contributed by atoms with E-state index in [1.54, 1.807) is 25.1 Å². The summed E-state index contributed by atoms with van der Waals surface area (Å²) < 4.78 is 12.9. The van der Waals surface area contributed by atoms with E-state index in [4.69, 9.17) is 11.6 Å². The van der Waals surface area contributed by atoms with Gasteiger partial charge < -0.3 is 10.3 Å². The summed E-state index contributed by atoms with van der Waals surface area (Å²) >= 11 is 7.39. The number of hydrogen-bond acceptors (Lipinski definition) is 4. The Morgan fingerprint density at radius 1 is 1.20 bits per heavy atom. The lowest BCUT2D eigenvalue weighted by atomic mass is 10.1. The molecule has 1 aromatic heterocycles. The normalized spacial score (nSPS) is 10.8. The van der Waals surface area contributed by atoms with E-state index >= 15 is 0 Å². The second-order valence-corrected chi connectivity index (χ2v) is 8.16. The number of rotatable bonds is 8. The zero-order valence-electron chi connectivity index (χ0n) is 16.4. The molecule has 0 unspecified atom stereocenters. The maximum atomic E-state index is 12.9. The maximum absolute atomic E-state index is 12.9. The van der Waals surface area contributed by atoms with E-state index in [9.17, 15) is 14.0 Å². The number of aryl methyl sites for hydroxylation is 1. The largest absolute Gasteiger partial charge is 0.355 e. The van der Waals surface area contributed by atoms with Gasteiger partial charge in [-0.1, -0.05) is 47.6 Å². The summed E-state index contributed by atoms with van der Waals surface area (Å²) in [7, 11) is 0. The molecule has 1 heterocycles. The van der Waals surface area contributed by atoms with Crippen LogP contribution in [0.4, 0.5) is 4.39 Å². The lowest BCUT2D eigenvalue weighted by Crippen LogP contribution is -2.30. The molecule has 30 heavy (non-hydrogen) atoms. The van der Waals surface area contributed by atoms with Crippen LogP contribution in [0.2, 0.25) is 5.02 Å². The molecule has 0 saturated carbocycles. The molecule has 0 fully saturated rings. The van der Waals surface area contributed by atoms with Crippen LogP contribution >= 0.6 is 23.4 Å². The Morgan fingerprint density at radius 3 is 2.67 bits per heavy atom. The van der Waals surface area contributed by atoms with Crippen LogP contribution in [0.25, 0.3) is 0 Å². The first kappa shape index (κ1) is 22.1. The number of amides is 1. The maximum Gasteiger partial charge on any atom is 0.255 e. The molecule has 0 aliphatic heterocycles. The topological polar surface area (TPSA) is 74.8 Å². The van der Waals surface area contributed by atoms with Crippen molar-refractivity contribution in [1.82, 2.24) is 15.3 Å². The summed E-state index contributed by atoms with van der Waals surface area (Å²) in [6, 6.07) is 13.6. The van der Waals surface area contributed by atoms with Crippen molar-refractivity contribution in [2.75, 3.05) is 6.54 Å². The fourth-order valence-corrected chi connectivity index (χ4v) is 3.92. The number of halogens is 2. The van der Waals surface area contributed by atoms with Gasteiger partial charge in [-0.3, -0.25) is 9.59 Å². The molecule has 1 amide bonds. The first-order valence-electron chi connectivity index (χ1n) is 9.39. The third-order valence-electron chi connectivity index (χ3n) is 4.45. The van der Waals surface area contributed by atoms with Crippen molar-refractivity contribution >= 4 is 29.3 Å².